The number of rotatable bonds is 4. The van der Waals surface area contributed by atoms with E-state index in [1.54, 1.807) is 6.20 Å². The highest BCUT2D eigenvalue weighted by Gasteiger charge is 2.25. The molecule has 15 heavy (non-hydrogen) atoms. The summed E-state index contributed by atoms with van der Waals surface area (Å²) in [5, 5.41) is 9.01. The van der Waals surface area contributed by atoms with Gasteiger partial charge in [-0.05, 0) is 5.92 Å². The standard InChI is InChI=1S/C9H14N4OS/c1-5(2)7(8(10)15)9(14)13-6-3-11-12-4-6/h3-5,7H,1-2H3,(H2,10,15)(H,11,12)(H,13,14). The Kier molecular flexibility index (Phi) is 3.79. The first-order valence-corrected chi connectivity index (χ1v) is 5.02. The second-order valence-electron chi connectivity index (χ2n) is 3.60. The van der Waals surface area contributed by atoms with Crippen LogP contribution in [0.2, 0.25) is 0 Å². The van der Waals surface area contributed by atoms with Gasteiger partial charge in [0.25, 0.3) is 0 Å². The number of aromatic nitrogens is 2. The van der Waals surface area contributed by atoms with E-state index in [1.807, 2.05) is 13.8 Å². The number of hydrogen-bond acceptors (Lipinski definition) is 3. The van der Waals surface area contributed by atoms with Crippen molar-refractivity contribution >= 4 is 28.8 Å². The number of amides is 1. The first kappa shape index (κ1) is 11.6. The Morgan fingerprint density at radius 2 is 2.33 bits per heavy atom. The summed E-state index contributed by atoms with van der Waals surface area (Å²) in [4.78, 5) is 12.0. The van der Waals surface area contributed by atoms with Crippen LogP contribution in [-0.2, 0) is 4.79 Å². The van der Waals surface area contributed by atoms with Gasteiger partial charge in [0.05, 0.1) is 22.8 Å². The number of nitrogens with one attached hydrogen (secondary N) is 2. The van der Waals surface area contributed by atoms with Crippen LogP contribution in [0.1, 0.15) is 13.8 Å². The highest BCUT2D eigenvalue weighted by atomic mass is 32.1. The third-order valence-corrected chi connectivity index (χ3v) is 2.28. The van der Waals surface area contributed by atoms with Gasteiger partial charge in [-0.1, -0.05) is 26.1 Å². The van der Waals surface area contributed by atoms with E-state index in [1.165, 1.54) is 6.20 Å². The Balaban J connectivity index is 2.69. The monoisotopic (exact) mass is 226 g/mol. The van der Waals surface area contributed by atoms with Crippen LogP contribution in [0, 0.1) is 11.8 Å². The summed E-state index contributed by atoms with van der Waals surface area (Å²) < 4.78 is 0. The summed E-state index contributed by atoms with van der Waals surface area (Å²) in [5.41, 5.74) is 6.13. The molecular weight excluding hydrogens is 212 g/mol. The fourth-order valence-corrected chi connectivity index (χ4v) is 1.68. The topological polar surface area (TPSA) is 83.8 Å². The van der Waals surface area contributed by atoms with Crippen LogP contribution in [0.25, 0.3) is 0 Å². The fraction of sp³-hybridized carbons (Fsp3) is 0.444. The van der Waals surface area contributed by atoms with Crippen molar-refractivity contribution < 1.29 is 4.79 Å². The molecule has 0 radical (unpaired) electrons. The van der Waals surface area contributed by atoms with Crippen molar-refractivity contribution in [2.75, 3.05) is 5.32 Å². The Labute approximate surface area is 93.4 Å². The molecule has 1 aromatic heterocycles. The molecule has 0 aliphatic rings. The Morgan fingerprint density at radius 3 is 2.73 bits per heavy atom. The summed E-state index contributed by atoms with van der Waals surface area (Å²) in [5.74, 6) is -0.566. The van der Waals surface area contributed by atoms with Crippen molar-refractivity contribution in [2.45, 2.75) is 13.8 Å². The van der Waals surface area contributed by atoms with E-state index in [0.717, 1.165) is 0 Å². The number of nitrogens with zero attached hydrogens (tertiary/aromatic N) is 1. The molecule has 0 saturated carbocycles. The van der Waals surface area contributed by atoms with E-state index < -0.39 is 5.92 Å². The first-order chi connectivity index (χ1) is 7.02. The van der Waals surface area contributed by atoms with Crippen LogP contribution >= 0.6 is 12.2 Å². The van der Waals surface area contributed by atoms with Crippen molar-refractivity contribution in [1.29, 1.82) is 0 Å². The van der Waals surface area contributed by atoms with Crippen LogP contribution in [-0.4, -0.2) is 21.1 Å². The molecule has 1 heterocycles. The molecule has 0 aliphatic carbocycles. The Hall–Kier alpha value is -1.43. The van der Waals surface area contributed by atoms with Crippen LogP contribution in [0.4, 0.5) is 5.69 Å². The van der Waals surface area contributed by atoms with Gasteiger partial charge in [0.15, 0.2) is 0 Å². The van der Waals surface area contributed by atoms with Crippen molar-refractivity contribution in [3.05, 3.63) is 12.4 Å². The molecule has 0 fully saturated rings. The van der Waals surface area contributed by atoms with Gasteiger partial charge in [0, 0.05) is 6.20 Å². The maximum atomic E-state index is 11.8. The summed E-state index contributed by atoms with van der Waals surface area (Å²) in [6.45, 7) is 3.80. The lowest BCUT2D eigenvalue weighted by Gasteiger charge is -2.17. The lowest BCUT2D eigenvalue weighted by atomic mass is 9.95. The van der Waals surface area contributed by atoms with Gasteiger partial charge < -0.3 is 11.1 Å². The quantitative estimate of drug-likeness (QED) is 0.666. The zero-order valence-electron chi connectivity index (χ0n) is 8.65. The largest absolute Gasteiger partial charge is 0.393 e. The molecule has 1 aromatic rings. The Morgan fingerprint density at radius 1 is 1.67 bits per heavy atom. The smallest absolute Gasteiger partial charge is 0.234 e. The van der Waals surface area contributed by atoms with Crippen molar-refractivity contribution in [3.63, 3.8) is 0 Å². The van der Waals surface area contributed by atoms with Gasteiger partial charge in [0.2, 0.25) is 5.91 Å². The second kappa shape index (κ2) is 4.88. The molecule has 0 saturated heterocycles. The van der Waals surface area contributed by atoms with Crippen molar-refractivity contribution in [1.82, 2.24) is 10.2 Å². The van der Waals surface area contributed by atoms with E-state index >= 15 is 0 Å². The summed E-state index contributed by atoms with van der Waals surface area (Å²) in [7, 11) is 0. The predicted octanol–water partition coefficient (Wildman–Crippen LogP) is 0.907. The molecule has 0 bridgehead atoms. The maximum absolute atomic E-state index is 11.8. The lowest BCUT2D eigenvalue weighted by Crippen LogP contribution is -2.36. The number of H-pyrrole nitrogens is 1. The molecule has 5 nitrogen and oxygen atoms in total. The summed E-state index contributed by atoms with van der Waals surface area (Å²) in [6.07, 6.45) is 3.11. The van der Waals surface area contributed by atoms with Crippen molar-refractivity contribution in [3.8, 4) is 0 Å². The third kappa shape index (κ3) is 3.02. The van der Waals surface area contributed by atoms with E-state index in [4.69, 9.17) is 18.0 Å². The molecule has 0 aliphatic heterocycles. The molecule has 1 rings (SSSR count). The van der Waals surface area contributed by atoms with Gasteiger partial charge in [-0.25, -0.2) is 0 Å². The number of aromatic amines is 1. The SMILES string of the molecule is CC(C)C(C(=O)Nc1cn[nH]c1)C(N)=S. The van der Waals surface area contributed by atoms with E-state index in [0.29, 0.717) is 5.69 Å². The summed E-state index contributed by atoms with van der Waals surface area (Å²) in [6, 6.07) is 0. The normalized spacial score (nSPS) is 12.5. The number of thiocarbonyl (C=S) groups is 1. The number of carbonyl (C=O) groups excluding carboxylic acids is 1. The van der Waals surface area contributed by atoms with Gasteiger partial charge >= 0.3 is 0 Å². The lowest BCUT2D eigenvalue weighted by molar-refractivity contribution is -0.118. The molecule has 82 valence electrons. The first-order valence-electron chi connectivity index (χ1n) is 4.61. The number of anilines is 1. The Bertz CT molecular complexity index is 347. The van der Waals surface area contributed by atoms with Crippen LogP contribution in [0.5, 0.6) is 0 Å². The second-order valence-corrected chi connectivity index (χ2v) is 4.07. The molecule has 6 heteroatoms. The van der Waals surface area contributed by atoms with E-state index in [-0.39, 0.29) is 16.8 Å². The average molecular weight is 226 g/mol. The van der Waals surface area contributed by atoms with E-state index in [9.17, 15) is 4.79 Å². The van der Waals surface area contributed by atoms with Gasteiger partial charge in [-0.15, -0.1) is 0 Å². The zero-order chi connectivity index (χ0) is 11.4. The van der Waals surface area contributed by atoms with Gasteiger partial charge in [-0.2, -0.15) is 5.10 Å². The summed E-state index contributed by atoms with van der Waals surface area (Å²) >= 11 is 4.86. The van der Waals surface area contributed by atoms with E-state index in [2.05, 4.69) is 15.5 Å². The van der Waals surface area contributed by atoms with Gasteiger partial charge in [-0.3, -0.25) is 9.89 Å². The van der Waals surface area contributed by atoms with Crippen LogP contribution in [0.3, 0.4) is 0 Å². The highest BCUT2D eigenvalue weighted by molar-refractivity contribution is 7.80. The molecule has 1 amide bonds. The minimum atomic E-state index is -0.449. The fourth-order valence-electron chi connectivity index (χ4n) is 1.30. The molecule has 0 spiro atoms. The number of carbonyl (C=O) groups is 1. The molecule has 0 aromatic carbocycles. The maximum Gasteiger partial charge on any atom is 0.234 e. The van der Waals surface area contributed by atoms with Crippen LogP contribution in [0.15, 0.2) is 12.4 Å². The highest BCUT2D eigenvalue weighted by Crippen LogP contribution is 2.14. The third-order valence-electron chi connectivity index (χ3n) is 2.02. The molecule has 4 N–H and O–H groups in total. The van der Waals surface area contributed by atoms with Crippen molar-refractivity contribution in [2.24, 2.45) is 17.6 Å². The number of nitrogens with two attached hydrogens (primary N) is 1. The zero-order valence-corrected chi connectivity index (χ0v) is 9.47. The predicted molar refractivity (Wildman–Crippen MR) is 62.3 cm³/mol. The minimum absolute atomic E-state index is 0.0781. The van der Waals surface area contributed by atoms with Gasteiger partial charge in [0.1, 0.15) is 0 Å². The minimum Gasteiger partial charge on any atom is -0.393 e. The average Bonchev–Trinajstić information content (AvgIpc) is 2.54. The molecule has 1 atom stereocenters. The molecular formula is C9H14N4OS. The number of hydrogen-bond donors (Lipinski definition) is 3. The molecule has 1 unspecified atom stereocenters. The van der Waals surface area contributed by atoms with Crippen LogP contribution < -0.4 is 11.1 Å².